The summed E-state index contributed by atoms with van der Waals surface area (Å²) < 4.78 is 60.5. The summed E-state index contributed by atoms with van der Waals surface area (Å²) in [6.45, 7) is -0.127. The lowest BCUT2D eigenvalue weighted by Gasteiger charge is -2.37. The predicted octanol–water partition coefficient (Wildman–Crippen LogP) is 2.01. The fourth-order valence-corrected chi connectivity index (χ4v) is 6.07. The molecule has 3 aliphatic carbocycles. The zero-order chi connectivity index (χ0) is 34.8. The topological polar surface area (TPSA) is 143 Å². The van der Waals surface area contributed by atoms with Gasteiger partial charge in [0.25, 0.3) is 0 Å². The van der Waals surface area contributed by atoms with Gasteiger partial charge in [0.1, 0.15) is 0 Å². The van der Waals surface area contributed by atoms with E-state index in [1.165, 1.54) is 0 Å². The molecule has 0 aromatic heterocycles. The smallest absolute Gasteiger partial charge is 0.317 e. The quantitative estimate of drug-likeness (QED) is 0.0704. The van der Waals surface area contributed by atoms with Crippen LogP contribution in [-0.4, -0.2) is 54.8 Å². The van der Waals surface area contributed by atoms with E-state index in [1.807, 2.05) is 0 Å². The Morgan fingerprint density at radius 2 is 1.19 bits per heavy atom. The van der Waals surface area contributed by atoms with Gasteiger partial charge in [0, 0.05) is 36.8 Å². The Kier molecular flexibility index (Phi) is 12.4. The number of benzene rings is 1. The van der Waals surface area contributed by atoms with Crippen molar-refractivity contribution in [1.82, 2.24) is 21.3 Å². The molecule has 0 radical (unpaired) electrons. The molecular formula is C33H34F4N4O6. The molecule has 0 heterocycles. The number of nitrogens with one attached hydrogen (secondary N) is 4. The molecule has 1 aromatic rings. The lowest BCUT2D eigenvalue weighted by Crippen LogP contribution is -2.52. The lowest BCUT2D eigenvalue weighted by molar-refractivity contribution is -0.150. The Bertz CT molecular complexity index is 1430. The maximum atomic E-state index is 14.2. The van der Waals surface area contributed by atoms with Crippen molar-refractivity contribution >= 4 is 29.6 Å². The molecule has 3 aliphatic rings. The van der Waals surface area contributed by atoms with Crippen LogP contribution >= 0.6 is 0 Å². The molecule has 4 rings (SSSR count). The van der Waals surface area contributed by atoms with Crippen molar-refractivity contribution in [3.63, 3.8) is 0 Å². The van der Waals surface area contributed by atoms with Crippen molar-refractivity contribution < 1.29 is 46.3 Å². The van der Waals surface area contributed by atoms with E-state index < -0.39 is 75.5 Å². The third kappa shape index (κ3) is 9.04. The first-order valence-electron chi connectivity index (χ1n) is 14.8. The van der Waals surface area contributed by atoms with Crippen molar-refractivity contribution in [2.45, 2.75) is 63.3 Å². The van der Waals surface area contributed by atoms with Gasteiger partial charge in [-0.2, -0.15) is 8.78 Å². The molecule has 4 N–H and O–H groups in total. The number of hydrogen-bond acceptors (Lipinski definition) is 6. The van der Waals surface area contributed by atoms with Crippen LogP contribution in [-0.2, 0) is 24.0 Å². The number of rotatable bonds is 16. The molecule has 1 unspecified atom stereocenters. The minimum atomic E-state index is -1.87. The number of carbonyl (C=O) groups is 5. The average Bonchev–Trinajstić information content (AvgIpc) is 3.62. The second-order valence-corrected chi connectivity index (χ2v) is 11.7. The Morgan fingerprint density at radius 1 is 0.766 bits per heavy atom. The Balaban J connectivity index is 1.82. The fourth-order valence-electron chi connectivity index (χ4n) is 6.07. The van der Waals surface area contributed by atoms with Gasteiger partial charge in [0.05, 0.1) is 25.0 Å². The van der Waals surface area contributed by atoms with Gasteiger partial charge in [0.2, 0.25) is 41.0 Å². The molecular weight excluding hydrogens is 624 g/mol. The number of carbonyl (C=O) groups excluding carboxylic acids is 5. The molecule has 10 nitrogen and oxygen atoms in total. The van der Waals surface area contributed by atoms with E-state index in [0.29, 0.717) is 0 Å². The Morgan fingerprint density at radius 3 is 1.60 bits per heavy atom. The molecule has 47 heavy (non-hydrogen) atoms. The summed E-state index contributed by atoms with van der Waals surface area (Å²) in [5.74, 6) is -6.06. The van der Waals surface area contributed by atoms with E-state index >= 15 is 0 Å². The lowest BCUT2D eigenvalue weighted by atomic mass is 9.69. The highest BCUT2D eigenvalue weighted by atomic mass is 19.2. The second kappa shape index (κ2) is 16.0. The third-order valence-electron chi connectivity index (χ3n) is 8.56. The van der Waals surface area contributed by atoms with Crippen LogP contribution in [0.3, 0.4) is 0 Å². The van der Waals surface area contributed by atoms with E-state index in [2.05, 4.69) is 39.0 Å². The molecule has 3 fully saturated rings. The van der Waals surface area contributed by atoms with Crippen molar-refractivity contribution in [2.75, 3.05) is 19.6 Å². The average molecular weight is 659 g/mol. The largest absolute Gasteiger partial charge is 0.420 e. The van der Waals surface area contributed by atoms with Crippen LogP contribution < -0.4 is 26.0 Å². The van der Waals surface area contributed by atoms with Crippen LogP contribution in [0.1, 0.15) is 57.8 Å². The molecule has 0 spiro atoms. The number of ether oxygens (including phenoxy) is 1. The number of halogens is 4. The minimum Gasteiger partial charge on any atom is -0.420 e. The first-order valence-corrected chi connectivity index (χ1v) is 14.8. The molecule has 14 heteroatoms. The number of fused-ring (bicyclic) bond motifs is 1. The van der Waals surface area contributed by atoms with Gasteiger partial charge in [-0.3, -0.25) is 24.0 Å². The maximum absolute atomic E-state index is 14.2. The SMILES string of the molecule is C#CCNC(=O)CCC(CCC(=O)NCC#C)(CCC(=O)NCC#C)NC(=O)C1CC2(C(=O)Oc3c(F)c(F)cc(F)c3F)CC1C2. The summed E-state index contributed by atoms with van der Waals surface area (Å²) in [4.78, 5) is 64.3. The highest BCUT2D eigenvalue weighted by Gasteiger charge is 2.63. The van der Waals surface area contributed by atoms with Crippen LogP contribution in [0.25, 0.3) is 0 Å². The van der Waals surface area contributed by atoms with Crippen LogP contribution in [0.2, 0.25) is 0 Å². The number of hydrogen-bond donors (Lipinski definition) is 4. The van der Waals surface area contributed by atoms with Crippen molar-refractivity contribution in [2.24, 2.45) is 17.3 Å². The standard InChI is InChI=1S/C33H34F4N4O6/c1-4-13-38-24(42)7-10-33(11-8-25(43)39-14-5-2,12-9-26(44)40-15-6-3)41-30(45)21-19-32(17-20(21)18-32)31(46)47-29-27(36)22(34)16-23(35)28(29)37/h1-3,16,20-21H,7-15,17-19H2,(H,38,42)(H,39,43)(H,40,44)(H,41,45). The van der Waals surface area contributed by atoms with Crippen LogP contribution in [0.5, 0.6) is 5.75 Å². The van der Waals surface area contributed by atoms with Crippen molar-refractivity contribution in [1.29, 1.82) is 0 Å². The van der Waals surface area contributed by atoms with E-state index in [-0.39, 0.29) is 89.4 Å². The first-order chi connectivity index (χ1) is 22.3. The summed E-state index contributed by atoms with van der Waals surface area (Å²) in [6.07, 6.45) is 15.3. The molecule has 0 aliphatic heterocycles. The van der Waals surface area contributed by atoms with E-state index in [1.54, 1.807) is 0 Å². The Hall–Kier alpha value is -5.03. The molecule has 4 amide bonds. The fraction of sp³-hybridized carbons (Fsp3) is 0.485. The van der Waals surface area contributed by atoms with Gasteiger partial charge in [-0.1, -0.05) is 17.8 Å². The second-order valence-electron chi connectivity index (χ2n) is 11.7. The monoisotopic (exact) mass is 658 g/mol. The number of esters is 1. The molecule has 250 valence electrons. The normalized spacial score (nSPS) is 19.2. The number of terminal acetylenes is 3. The Labute approximate surface area is 269 Å². The third-order valence-corrected chi connectivity index (χ3v) is 8.56. The zero-order valence-electron chi connectivity index (χ0n) is 25.4. The summed E-state index contributed by atoms with van der Waals surface area (Å²) in [5, 5.41) is 10.5. The van der Waals surface area contributed by atoms with Gasteiger partial charge in [-0.05, 0) is 44.4 Å². The summed E-state index contributed by atoms with van der Waals surface area (Å²) in [5.41, 5.74) is -2.62. The molecule has 1 atom stereocenters. The van der Waals surface area contributed by atoms with Gasteiger partial charge in [-0.15, -0.1) is 19.3 Å². The number of amides is 4. The van der Waals surface area contributed by atoms with Gasteiger partial charge >= 0.3 is 5.97 Å². The van der Waals surface area contributed by atoms with Crippen LogP contribution in [0, 0.1) is 77.6 Å². The maximum Gasteiger partial charge on any atom is 0.317 e. The summed E-state index contributed by atoms with van der Waals surface area (Å²) in [6, 6.07) is -0.0158. The van der Waals surface area contributed by atoms with E-state index in [4.69, 9.17) is 24.0 Å². The van der Waals surface area contributed by atoms with Crippen LogP contribution in [0.15, 0.2) is 6.07 Å². The first kappa shape index (κ1) is 36.4. The van der Waals surface area contributed by atoms with Crippen molar-refractivity contribution in [3.8, 4) is 42.8 Å². The van der Waals surface area contributed by atoms with Gasteiger partial charge in [-0.25, -0.2) is 8.78 Å². The summed E-state index contributed by atoms with van der Waals surface area (Å²) >= 11 is 0. The van der Waals surface area contributed by atoms with Gasteiger partial charge in [0.15, 0.2) is 11.6 Å². The molecule has 1 aromatic carbocycles. The molecule has 0 saturated heterocycles. The zero-order valence-corrected chi connectivity index (χ0v) is 25.4. The minimum absolute atomic E-state index is 0.00571. The molecule has 3 saturated carbocycles. The van der Waals surface area contributed by atoms with Gasteiger partial charge < -0.3 is 26.0 Å². The van der Waals surface area contributed by atoms with Crippen LogP contribution in [0.4, 0.5) is 17.6 Å². The van der Waals surface area contributed by atoms with E-state index in [0.717, 1.165) is 0 Å². The summed E-state index contributed by atoms with van der Waals surface area (Å²) in [7, 11) is 0. The van der Waals surface area contributed by atoms with E-state index in [9.17, 15) is 41.5 Å². The molecule has 2 bridgehead atoms. The predicted molar refractivity (Wildman–Crippen MR) is 159 cm³/mol. The highest BCUT2D eigenvalue weighted by molar-refractivity contribution is 5.87. The highest BCUT2D eigenvalue weighted by Crippen LogP contribution is 2.62. The van der Waals surface area contributed by atoms with Crippen molar-refractivity contribution in [3.05, 3.63) is 29.3 Å².